The van der Waals surface area contributed by atoms with Crippen molar-refractivity contribution in [2.24, 2.45) is 0 Å². The summed E-state index contributed by atoms with van der Waals surface area (Å²) in [5.74, 6) is 0.655. The lowest BCUT2D eigenvalue weighted by atomic mass is 10.0. The van der Waals surface area contributed by atoms with Crippen LogP contribution >= 0.6 is 0 Å². The molecule has 3 N–H and O–H groups in total. The zero-order chi connectivity index (χ0) is 19.9. The van der Waals surface area contributed by atoms with Crippen LogP contribution in [0.5, 0.6) is 5.75 Å². The van der Waals surface area contributed by atoms with Gasteiger partial charge >= 0.3 is 0 Å². The number of ether oxygens (including phenoxy) is 1. The first-order chi connectivity index (χ1) is 12.8. The Hall–Kier alpha value is -2.40. The highest BCUT2D eigenvalue weighted by molar-refractivity contribution is 5.65. The van der Waals surface area contributed by atoms with Crippen LogP contribution in [0.15, 0.2) is 60.7 Å². The minimum Gasteiger partial charge on any atom is -0.489 e. The first kappa shape index (κ1) is 20.9. The van der Waals surface area contributed by atoms with E-state index in [1.165, 1.54) is 0 Å². The second-order valence-electron chi connectivity index (χ2n) is 7.10. The predicted molar refractivity (Wildman–Crippen MR) is 108 cm³/mol. The van der Waals surface area contributed by atoms with Gasteiger partial charge in [0.25, 0.3) is 0 Å². The van der Waals surface area contributed by atoms with Crippen LogP contribution in [0.1, 0.15) is 43.0 Å². The summed E-state index contributed by atoms with van der Waals surface area (Å²) < 4.78 is 5.84. The summed E-state index contributed by atoms with van der Waals surface area (Å²) in [6.07, 6.45) is 5.58. The molecule has 0 radical (unpaired) electrons. The van der Waals surface area contributed by atoms with Gasteiger partial charge in [-0.2, -0.15) is 0 Å². The third kappa shape index (κ3) is 6.68. The molecule has 0 unspecified atom stereocenters. The fourth-order valence-corrected chi connectivity index (χ4v) is 2.59. The summed E-state index contributed by atoms with van der Waals surface area (Å²) in [7, 11) is 0. The van der Waals surface area contributed by atoms with Gasteiger partial charge < -0.3 is 20.1 Å². The number of hydrogen-bond acceptors (Lipinski definition) is 4. The van der Waals surface area contributed by atoms with E-state index < -0.39 is 5.60 Å². The van der Waals surface area contributed by atoms with Crippen LogP contribution < -0.4 is 4.74 Å². The highest BCUT2D eigenvalue weighted by Crippen LogP contribution is 2.21. The van der Waals surface area contributed by atoms with Gasteiger partial charge in [0.05, 0.1) is 18.8 Å². The van der Waals surface area contributed by atoms with Crippen LogP contribution in [-0.2, 0) is 19.8 Å². The van der Waals surface area contributed by atoms with Crippen molar-refractivity contribution in [2.45, 2.75) is 46.2 Å². The normalized spacial score (nSPS) is 12.6. The third-order valence-electron chi connectivity index (χ3n) is 4.16. The van der Waals surface area contributed by atoms with E-state index in [1.54, 1.807) is 38.1 Å². The van der Waals surface area contributed by atoms with Gasteiger partial charge in [0, 0.05) is 0 Å². The van der Waals surface area contributed by atoms with Crippen molar-refractivity contribution in [1.82, 2.24) is 0 Å². The zero-order valence-electron chi connectivity index (χ0n) is 16.1. The quantitative estimate of drug-likeness (QED) is 0.617. The molecule has 0 saturated heterocycles. The van der Waals surface area contributed by atoms with Gasteiger partial charge in [-0.1, -0.05) is 42.5 Å². The molecule has 0 fully saturated rings. The first-order valence-corrected chi connectivity index (χ1v) is 8.96. The lowest BCUT2D eigenvalue weighted by molar-refractivity contribution is 0.133. The van der Waals surface area contributed by atoms with Crippen LogP contribution in [0.4, 0.5) is 0 Å². The average Bonchev–Trinajstić information content (AvgIpc) is 2.65. The van der Waals surface area contributed by atoms with Crippen LogP contribution in [0.3, 0.4) is 0 Å². The molecule has 0 aliphatic carbocycles. The number of aliphatic hydroxyl groups is 3. The number of aliphatic hydroxyl groups excluding tert-OH is 2. The summed E-state index contributed by atoms with van der Waals surface area (Å²) in [5.41, 5.74) is 3.75. The maximum Gasteiger partial charge on any atom is 0.120 e. The van der Waals surface area contributed by atoms with Gasteiger partial charge in [0.15, 0.2) is 0 Å². The summed E-state index contributed by atoms with van der Waals surface area (Å²) in [4.78, 5) is 0. The van der Waals surface area contributed by atoms with E-state index in [1.807, 2.05) is 37.3 Å². The van der Waals surface area contributed by atoms with Gasteiger partial charge in [-0.15, -0.1) is 0 Å². The smallest absolute Gasteiger partial charge is 0.120 e. The van der Waals surface area contributed by atoms with Gasteiger partial charge in [-0.3, -0.25) is 0 Å². The molecule has 0 heterocycles. The minimum atomic E-state index is -0.828. The van der Waals surface area contributed by atoms with E-state index in [2.05, 4.69) is 6.07 Å². The molecule has 0 aliphatic heterocycles. The fourth-order valence-electron chi connectivity index (χ4n) is 2.59. The molecule has 0 atom stereocenters. The van der Waals surface area contributed by atoms with Crippen LogP contribution in [-0.4, -0.2) is 20.9 Å². The highest BCUT2D eigenvalue weighted by Gasteiger charge is 2.06. The van der Waals surface area contributed by atoms with Gasteiger partial charge in [0.2, 0.25) is 0 Å². The Morgan fingerprint density at radius 1 is 1.04 bits per heavy atom. The molecule has 4 nitrogen and oxygen atoms in total. The molecule has 144 valence electrons. The van der Waals surface area contributed by atoms with Crippen molar-refractivity contribution in [1.29, 1.82) is 0 Å². The SMILES string of the molecule is C/C(=C/C=C/C(C)(C)O)c1cccc(COc2ccc(CO)c(CO)c2)c1. The Morgan fingerprint density at radius 2 is 1.78 bits per heavy atom. The summed E-state index contributed by atoms with van der Waals surface area (Å²) in [5, 5.41) is 28.4. The van der Waals surface area contributed by atoms with Crippen LogP contribution in [0.2, 0.25) is 0 Å². The van der Waals surface area contributed by atoms with Gasteiger partial charge in [0.1, 0.15) is 12.4 Å². The maximum atomic E-state index is 9.73. The van der Waals surface area contributed by atoms with Crippen molar-refractivity contribution in [2.75, 3.05) is 0 Å². The molecular weight excluding hydrogens is 340 g/mol. The molecule has 0 bridgehead atoms. The lowest BCUT2D eigenvalue weighted by Gasteiger charge is -2.11. The van der Waals surface area contributed by atoms with E-state index in [4.69, 9.17) is 4.74 Å². The lowest BCUT2D eigenvalue weighted by Crippen LogP contribution is -2.13. The first-order valence-electron chi connectivity index (χ1n) is 8.96. The Morgan fingerprint density at radius 3 is 2.44 bits per heavy atom. The number of allylic oxidation sites excluding steroid dienone is 3. The Kier molecular flexibility index (Phi) is 7.36. The Bertz CT molecular complexity index is 813. The van der Waals surface area contributed by atoms with Crippen molar-refractivity contribution in [3.63, 3.8) is 0 Å². The standard InChI is InChI=1S/C23H28O4/c1-17(6-5-11-23(2,3)26)19-8-4-7-18(12-19)16-27-22-10-9-20(14-24)21(13-22)15-25/h4-13,24-26H,14-16H2,1-3H3/b11-5+,17-6-. The van der Waals surface area contributed by atoms with Crippen molar-refractivity contribution in [3.05, 3.63) is 82.9 Å². The predicted octanol–water partition coefficient (Wildman–Crippen LogP) is 3.98. The molecule has 0 amide bonds. The fraction of sp³-hybridized carbons (Fsp3) is 0.304. The highest BCUT2D eigenvalue weighted by atomic mass is 16.5. The van der Waals surface area contributed by atoms with E-state index in [9.17, 15) is 15.3 Å². The molecule has 2 rings (SSSR count). The number of benzene rings is 2. The van der Waals surface area contributed by atoms with Gasteiger partial charge in [-0.05, 0) is 66.8 Å². The molecule has 0 aliphatic rings. The zero-order valence-corrected chi connectivity index (χ0v) is 16.1. The van der Waals surface area contributed by atoms with E-state index >= 15 is 0 Å². The van der Waals surface area contributed by atoms with E-state index in [0.29, 0.717) is 23.5 Å². The molecule has 0 aromatic heterocycles. The molecule has 27 heavy (non-hydrogen) atoms. The Balaban J connectivity index is 2.07. The molecule has 4 heteroatoms. The van der Waals surface area contributed by atoms with Crippen LogP contribution in [0.25, 0.3) is 5.57 Å². The monoisotopic (exact) mass is 368 g/mol. The number of rotatable bonds is 8. The summed E-state index contributed by atoms with van der Waals surface area (Å²) in [6.45, 7) is 5.66. The molecule has 0 saturated carbocycles. The van der Waals surface area contributed by atoms with Crippen molar-refractivity contribution < 1.29 is 20.1 Å². The maximum absolute atomic E-state index is 9.73. The van der Waals surface area contributed by atoms with E-state index in [-0.39, 0.29) is 13.2 Å². The van der Waals surface area contributed by atoms with Crippen LogP contribution in [0, 0.1) is 0 Å². The Labute approximate surface area is 161 Å². The molecule has 2 aromatic carbocycles. The number of hydrogen-bond donors (Lipinski definition) is 3. The summed E-state index contributed by atoms with van der Waals surface area (Å²) >= 11 is 0. The molecule has 0 spiro atoms. The van der Waals surface area contributed by atoms with Crippen molar-refractivity contribution >= 4 is 5.57 Å². The van der Waals surface area contributed by atoms with E-state index in [0.717, 1.165) is 16.7 Å². The third-order valence-corrected chi connectivity index (χ3v) is 4.16. The topological polar surface area (TPSA) is 69.9 Å². The summed E-state index contributed by atoms with van der Waals surface area (Å²) in [6, 6.07) is 13.4. The van der Waals surface area contributed by atoms with Gasteiger partial charge in [-0.25, -0.2) is 0 Å². The molecular formula is C23H28O4. The second-order valence-corrected chi connectivity index (χ2v) is 7.10. The second kappa shape index (κ2) is 9.51. The largest absolute Gasteiger partial charge is 0.489 e. The molecule has 2 aromatic rings. The van der Waals surface area contributed by atoms with Crippen molar-refractivity contribution in [3.8, 4) is 5.75 Å². The minimum absolute atomic E-state index is 0.105. The average molecular weight is 368 g/mol.